The number of aryl methyl sites for hydroxylation is 1. The van der Waals surface area contributed by atoms with Crippen molar-refractivity contribution in [1.29, 1.82) is 0 Å². The monoisotopic (exact) mass is 441 g/mol. The van der Waals surface area contributed by atoms with Crippen LogP contribution >= 0.6 is 22.9 Å². The molecule has 0 spiro atoms. The van der Waals surface area contributed by atoms with Gasteiger partial charge >= 0.3 is 5.76 Å². The van der Waals surface area contributed by atoms with Crippen molar-refractivity contribution in [3.63, 3.8) is 0 Å². The van der Waals surface area contributed by atoms with Crippen molar-refractivity contribution in [3.8, 4) is 0 Å². The van der Waals surface area contributed by atoms with Crippen LogP contribution in [0.3, 0.4) is 0 Å². The summed E-state index contributed by atoms with van der Waals surface area (Å²) in [5.41, 5.74) is 2.06. The van der Waals surface area contributed by atoms with E-state index < -0.39 is 5.76 Å². The summed E-state index contributed by atoms with van der Waals surface area (Å²) in [6.07, 6.45) is 3.22. The molecule has 0 bridgehead atoms. The molecule has 0 radical (unpaired) electrons. The van der Waals surface area contributed by atoms with Gasteiger partial charge < -0.3 is 9.32 Å². The number of oxazole rings is 1. The number of para-hydroxylation sites is 1. The maximum absolute atomic E-state index is 13.1. The molecule has 2 aromatic carbocycles. The van der Waals surface area contributed by atoms with Crippen molar-refractivity contribution in [2.75, 3.05) is 6.54 Å². The second-order valence-corrected chi connectivity index (χ2v) is 9.00. The van der Waals surface area contributed by atoms with E-state index in [9.17, 15) is 9.59 Å². The Balaban J connectivity index is 1.37. The first-order valence-electron chi connectivity index (χ1n) is 10.0. The lowest BCUT2D eigenvalue weighted by atomic mass is 10.0. The van der Waals surface area contributed by atoms with Crippen LogP contribution < -0.4 is 5.76 Å². The fourth-order valence-corrected chi connectivity index (χ4v) is 5.40. The molecule has 0 N–H and O–H groups in total. The third kappa shape index (κ3) is 3.52. The molecule has 154 valence electrons. The third-order valence-corrected chi connectivity index (χ3v) is 6.97. The predicted octanol–water partition coefficient (Wildman–Crippen LogP) is 5.00. The summed E-state index contributed by atoms with van der Waals surface area (Å²) in [5, 5.41) is 1.50. The molecule has 4 aromatic rings. The Morgan fingerprint density at radius 2 is 2.10 bits per heavy atom. The van der Waals surface area contributed by atoms with Crippen LogP contribution in [-0.4, -0.2) is 26.9 Å². The topological polar surface area (TPSA) is 68.3 Å². The van der Waals surface area contributed by atoms with Crippen molar-refractivity contribution < 1.29 is 9.21 Å². The number of hydrogen-bond acceptors (Lipinski definition) is 5. The number of benzene rings is 2. The maximum atomic E-state index is 13.1. The summed E-state index contributed by atoms with van der Waals surface area (Å²) >= 11 is 7.63. The fraction of sp³-hybridized carbons (Fsp3) is 0.318. The Kier molecular flexibility index (Phi) is 5.08. The molecule has 1 aliphatic heterocycles. The van der Waals surface area contributed by atoms with E-state index in [4.69, 9.17) is 21.0 Å². The fourth-order valence-electron chi connectivity index (χ4n) is 4.12. The molecule has 0 saturated carbocycles. The highest BCUT2D eigenvalue weighted by molar-refractivity contribution is 7.18. The smallest absolute Gasteiger partial charge is 0.408 e. The highest BCUT2D eigenvalue weighted by atomic mass is 35.5. The van der Waals surface area contributed by atoms with Gasteiger partial charge in [-0.05, 0) is 43.5 Å². The first-order chi connectivity index (χ1) is 14.6. The standard InChI is InChI=1S/C22H20ClN3O3S/c23-14-8-9-16-18(13-14)29-22(28)26(16)12-10-20(27)25-11-4-3-6-17(25)21-24-15-5-1-2-7-19(15)30-21/h1-2,5,7-9,13,17H,3-4,6,10-12H2/t17-/m0/s1. The van der Waals surface area contributed by atoms with Gasteiger partial charge in [-0.15, -0.1) is 11.3 Å². The number of likely N-dealkylation sites (tertiary alicyclic amines) is 1. The predicted molar refractivity (Wildman–Crippen MR) is 118 cm³/mol. The maximum Gasteiger partial charge on any atom is 0.419 e. The molecule has 30 heavy (non-hydrogen) atoms. The Hall–Kier alpha value is -2.64. The summed E-state index contributed by atoms with van der Waals surface area (Å²) in [6, 6.07) is 13.1. The van der Waals surface area contributed by atoms with Crippen LogP contribution in [-0.2, 0) is 11.3 Å². The summed E-state index contributed by atoms with van der Waals surface area (Å²) < 4.78 is 7.91. The quantitative estimate of drug-likeness (QED) is 0.446. The summed E-state index contributed by atoms with van der Waals surface area (Å²) in [7, 11) is 0. The zero-order valence-electron chi connectivity index (χ0n) is 16.2. The van der Waals surface area contributed by atoms with E-state index in [0.29, 0.717) is 16.1 Å². The molecule has 0 aliphatic carbocycles. The molecular formula is C22H20ClN3O3S. The molecule has 2 aromatic heterocycles. The minimum Gasteiger partial charge on any atom is -0.408 e. The van der Waals surface area contributed by atoms with Crippen LogP contribution in [0.4, 0.5) is 0 Å². The van der Waals surface area contributed by atoms with E-state index in [1.54, 1.807) is 29.5 Å². The van der Waals surface area contributed by atoms with Gasteiger partial charge in [-0.3, -0.25) is 9.36 Å². The lowest BCUT2D eigenvalue weighted by molar-refractivity contribution is -0.135. The molecular weight excluding hydrogens is 422 g/mol. The van der Waals surface area contributed by atoms with Crippen LogP contribution in [0, 0.1) is 0 Å². The normalized spacial score (nSPS) is 17.1. The van der Waals surface area contributed by atoms with Crippen LogP contribution in [0.2, 0.25) is 5.02 Å². The number of nitrogens with zero attached hydrogens (tertiary/aromatic N) is 3. The zero-order chi connectivity index (χ0) is 20.7. The van der Waals surface area contributed by atoms with Gasteiger partial charge in [-0.25, -0.2) is 9.78 Å². The number of piperidine rings is 1. The van der Waals surface area contributed by atoms with Crippen LogP contribution in [0.15, 0.2) is 51.7 Å². The first kappa shape index (κ1) is 19.3. The van der Waals surface area contributed by atoms with Crippen molar-refractivity contribution in [1.82, 2.24) is 14.5 Å². The number of carbonyl (C=O) groups is 1. The molecule has 1 saturated heterocycles. The number of rotatable bonds is 4. The Morgan fingerprint density at radius 1 is 1.23 bits per heavy atom. The van der Waals surface area contributed by atoms with Gasteiger partial charge in [0.2, 0.25) is 5.91 Å². The van der Waals surface area contributed by atoms with E-state index in [2.05, 4.69) is 6.07 Å². The second-order valence-electron chi connectivity index (χ2n) is 7.50. The number of hydrogen-bond donors (Lipinski definition) is 0. The van der Waals surface area contributed by atoms with E-state index in [1.807, 2.05) is 23.1 Å². The van der Waals surface area contributed by atoms with Gasteiger partial charge in [0.05, 0.1) is 21.8 Å². The number of halogens is 1. The van der Waals surface area contributed by atoms with Gasteiger partial charge in [0, 0.05) is 30.6 Å². The zero-order valence-corrected chi connectivity index (χ0v) is 17.8. The minimum absolute atomic E-state index is 0.000252. The minimum atomic E-state index is -0.471. The van der Waals surface area contributed by atoms with Crippen LogP contribution in [0.25, 0.3) is 21.3 Å². The average Bonchev–Trinajstić information content (AvgIpc) is 3.32. The largest absolute Gasteiger partial charge is 0.419 e. The Morgan fingerprint density at radius 3 is 2.97 bits per heavy atom. The molecule has 1 amide bonds. The lowest BCUT2D eigenvalue weighted by Gasteiger charge is -2.34. The van der Waals surface area contributed by atoms with Crippen LogP contribution in [0.1, 0.15) is 36.7 Å². The van der Waals surface area contributed by atoms with E-state index in [-0.39, 0.29) is 24.9 Å². The highest BCUT2D eigenvalue weighted by Gasteiger charge is 2.30. The summed E-state index contributed by atoms with van der Waals surface area (Å²) in [6.45, 7) is 0.991. The highest BCUT2D eigenvalue weighted by Crippen LogP contribution is 2.36. The lowest BCUT2D eigenvalue weighted by Crippen LogP contribution is -2.39. The van der Waals surface area contributed by atoms with Gasteiger partial charge in [-0.2, -0.15) is 0 Å². The molecule has 1 fully saturated rings. The van der Waals surface area contributed by atoms with Gasteiger partial charge in [0.25, 0.3) is 0 Å². The Labute approximate surface area is 181 Å². The van der Waals surface area contributed by atoms with Crippen molar-refractivity contribution in [3.05, 3.63) is 63.0 Å². The average molecular weight is 442 g/mol. The number of amides is 1. The van der Waals surface area contributed by atoms with Crippen molar-refractivity contribution in [2.24, 2.45) is 0 Å². The molecule has 3 heterocycles. The number of carbonyl (C=O) groups excluding carboxylic acids is 1. The molecule has 8 heteroatoms. The van der Waals surface area contributed by atoms with Crippen molar-refractivity contribution in [2.45, 2.75) is 38.3 Å². The SMILES string of the molecule is O=C(CCn1c(=O)oc2cc(Cl)ccc21)N1CCCC[C@H]1c1nc2ccccc2s1. The van der Waals surface area contributed by atoms with Gasteiger partial charge in [0.1, 0.15) is 5.01 Å². The Bertz CT molecular complexity index is 1260. The molecule has 1 aliphatic rings. The molecule has 5 rings (SSSR count). The summed E-state index contributed by atoms with van der Waals surface area (Å²) in [4.78, 5) is 32.1. The first-order valence-corrected chi connectivity index (χ1v) is 11.2. The molecule has 1 atom stereocenters. The van der Waals surface area contributed by atoms with E-state index in [0.717, 1.165) is 41.0 Å². The van der Waals surface area contributed by atoms with E-state index in [1.165, 1.54) is 4.57 Å². The molecule has 6 nitrogen and oxygen atoms in total. The van der Waals surface area contributed by atoms with E-state index >= 15 is 0 Å². The van der Waals surface area contributed by atoms with Gasteiger partial charge in [-0.1, -0.05) is 23.7 Å². The van der Waals surface area contributed by atoms with Gasteiger partial charge in [0.15, 0.2) is 5.58 Å². The number of fused-ring (bicyclic) bond motifs is 2. The molecule has 0 unspecified atom stereocenters. The third-order valence-electron chi connectivity index (χ3n) is 5.60. The van der Waals surface area contributed by atoms with Crippen molar-refractivity contribution >= 4 is 50.2 Å². The number of aromatic nitrogens is 2. The van der Waals surface area contributed by atoms with Crippen LogP contribution in [0.5, 0.6) is 0 Å². The summed E-state index contributed by atoms with van der Waals surface area (Å²) in [5.74, 6) is -0.435. The second kappa shape index (κ2) is 7.89. The number of thiazole rings is 1.